The molecule has 0 unspecified atom stereocenters. The fraction of sp³-hybridized carbons (Fsp3) is 0.364. The molecule has 90 valence electrons. The molecular weight excluding hydrogens is 220 g/mol. The summed E-state index contributed by atoms with van der Waals surface area (Å²) in [6, 6.07) is 3.64. The van der Waals surface area contributed by atoms with Crippen LogP contribution in [0.4, 0.5) is 0 Å². The summed E-state index contributed by atoms with van der Waals surface area (Å²) < 4.78 is 11.8. The number of aromatic nitrogens is 4. The topological polar surface area (TPSA) is 62.1 Å². The van der Waals surface area contributed by atoms with Gasteiger partial charge >= 0.3 is 0 Å². The van der Waals surface area contributed by atoms with Crippen LogP contribution in [0, 0.1) is 0 Å². The Hall–Kier alpha value is -1.95. The van der Waals surface area contributed by atoms with E-state index >= 15 is 0 Å². The highest BCUT2D eigenvalue weighted by Crippen LogP contribution is 2.18. The van der Waals surface area contributed by atoms with E-state index in [0.29, 0.717) is 18.3 Å². The highest BCUT2D eigenvalue weighted by atomic mass is 16.5. The van der Waals surface area contributed by atoms with Crippen molar-refractivity contribution in [3.63, 3.8) is 0 Å². The third kappa shape index (κ3) is 2.42. The molecule has 6 heteroatoms. The third-order valence-electron chi connectivity index (χ3n) is 2.33. The molecule has 0 aliphatic carbocycles. The zero-order valence-corrected chi connectivity index (χ0v) is 10.0. The largest absolute Gasteiger partial charge is 0.481 e. The van der Waals surface area contributed by atoms with Crippen LogP contribution in [-0.2, 0) is 18.4 Å². The number of nitrogens with zero attached hydrogens (tertiary/aromatic N) is 4. The number of pyridine rings is 1. The lowest BCUT2D eigenvalue weighted by atomic mass is 10.2. The molecule has 2 heterocycles. The Kier molecular flexibility index (Phi) is 3.34. The fourth-order valence-electron chi connectivity index (χ4n) is 1.45. The second kappa shape index (κ2) is 4.92. The summed E-state index contributed by atoms with van der Waals surface area (Å²) >= 11 is 0. The normalized spacial score (nSPS) is 10.5. The molecule has 0 saturated heterocycles. The Morgan fingerprint density at radius 3 is 2.88 bits per heavy atom. The second-order valence-electron chi connectivity index (χ2n) is 3.50. The minimum Gasteiger partial charge on any atom is -0.481 e. The lowest BCUT2D eigenvalue weighted by Crippen LogP contribution is -2.00. The van der Waals surface area contributed by atoms with Gasteiger partial charge in [-0.2, -0.15) is 5.10 Å². The number of methoxy groups -OCH3 is 2. The van der Waals surface area contributed by atoms with E-state index in [0.717, 1.165) is 11.4 Å². The molecule has 0 bridgehead atoms. The summed E-state index contributed by atoms with van der Waals surface area (Å²) in [5.74, 6) is 1.96. The third-order valence-corrected chi connectivity index (χ3v) is 2.33. The predicted octanol–water partition coefficient (Wildman–Crippen LogP) is 1.03. The minimum absolute atomic E-state index is 0.436. The van der Waals surface area contributed by atoms with Gasteiger partial charge in [-0.15, -0.1) is 0 Å². The maximum absolute atomic E-state index is 5.06. The molecule has 6 nitrogen and oxygen atoms in total. The first-order chi connectivity index (χ1) is 8.24. The zero-order chi connectivity index (χ0) is 12.3. The van der Waals surface area contributed by atoms with Crippen LogP contribution in [0.25, 0.3) is 11.4 Å². The molecule has 2 aromatic rings. The van der Waals surface area contributed by atoms with Crippen molar-refractivity contribution in [1.29, 1.82) is 0 Å². The lowest BCUT2D eigenvalue weighted by Gasteiger charge is -1.99. The summed E-state index contributed by atoms with van der Waals surface area (Å²) in [5, 5.41) is 4.32. The monoisotopic (exact) mass is 234 g/mol. The van der Waals surface area contributed by atoms with Gasteiger partial charge in [0.15, 0.2) is 11.6 Å². The van der Waals surface area contributed by atoms with Crippen LogP contribution >= 0.6 is 0 Å². The Morgan fingerprint density at radius 1 is 1.35 bits per heavy atom. The highest BCUT2D eigenvalue weighted by molar-refractivity contribution is 5.55. The Bertz CT molecular complexity index is 510. The highest BCUT2D eigenvalue weighted by Gasteiger charge is 2.09. The van der Waals surface area contributed by atoms with Crippen molar-refractivity contribution < 1.29 is 9.47 Å². The molecule has 0 N–H and O–H groups in total. The van der Waals surface area contributed by atoms with E-state index in [1.54, 1.807) is 31.2 Å². The van der Waals surface area contributed by atoms with Crippen molar-refractivity contribution in [3.05, 3.63) is 24.2 Å². The van der Waals surface area contributed by atoms with Crippen molar-refractivity contribution >= 4 is 0 Å². The van der Waals surface area contributed by atoms with E-state index in [-0.39, 0.29) is 0 Å². The van der Waals surface area contributed by atoms with Gasteiger partial charge in [-0.05, 0) is 6.07 Å². The molecule has 0 amide bonds. The summed E-state index contributed by atoms with van der Waals surface area (Å²) in [7, 11) is 5.04. The van der Waals surface area contributed by atoms with E-state index in [4.69, 9.17) is 9.47 Å². The van der Waals surface area contributed by atoms with Gasteiger partial charge in [0.1, 0.15) is 6.61 Å². The average Bonchev–Trinajstić information content (AvgIpc) is 2.72. The lowest BCUT2D eigenvalue weighted by molar-refractivity contribution is 0.174. The van der Waals surface area contributed by atoms with E-state index in [2.05, 4.69) is 15.1 Å². The molecule has 0 atom stereocenters. The van der Waals surface area contributed by atoms with Gasteiger partial charge in [0.25, 0.3) is 0 Å². The number of hydrogen-bond donors (Lipinski definition) is 0. The van der Waals surface area contributed by atoms with Gasteiger partial charge in [0.05, 0.1) is 7.11 Å². The Balaban J connectivity index is 2.35. The van der Waals surface area contributed by atoms with E-state index < -0.39 is 0 Å². The van der Waals surface area contributed by atoms with Gasteiger partial charge in [0.2, 0.25) is 5.88 Å². The van der Waals surface area contributed by atoms with Crippen molar-refractivity contribution in [3.8, 4) is 17.3 Å². The van der Waals surface area contributed by atoms with Crippen molar-refractivity contribution in [1.82, 2.24) is 19.7 Å². The van der Waals surface area contributed by atoms with E-state index in [1.807, 2.05) is 13.1 Å². The quantitative estimate of drug-likeness (QED) is 0.790. The summed E-state index contributed by atoms with van der Waals surface area (Å²) in [5.41, 5.74) is 0.870. The summed E-state index contributed by atoms with van der Waals surface area (Å²) in [6.45, 7) is 0.436. The zero-order valence-electron chi connectivity index (χ0n) is 10.0. The molecule has 17 heavy (non-hydrogen) atoms. The first-order valence-corrected chi connectivity index (χ1v) is 5.14. The van der Waals surface area contributed by atoms with Gasteiger partial charge < -0.3 is 9.47 Å². The summed E-state index contributed by atoms with van der Waals surface area (Å²) in [4.78, 5) is 8.43. The molecular formula is C11H14N4O2. The molecule has 2 aromatic heterocycles. The number of rotatable bonds is 4. The predicted molar refractivity (Wildman–Crippen MR) is 61.5 cm³/mol. The first-order valence-electron chi connectivity index (χ1n) is 5.14. The van der Waals surface area contributed by atoms with Crippen LogP contribution in [0.5, 0.6) is 5.88 Å². The standard InChI is InChI=1S/C11H14N4O2/c1-15-9(7-16-2)13-11(14-15)8-4-5-12-10(6-8)17-3/h4-6H,7H2,1-3H3. The maximum atomic E-state index is 5.06. The van der Waals surface area contributed by atoms with Gasteiger partial charge in [-0.3, -0.25) is 4.68 Å². The molecule has 0 aromatic carbocycles. The smallest absolute Gasteiger partial charge is 0.213 e. The number of ether oxygens (including phenoxy) is 2. The average molecular weight is 234 g/mol. The molecule has 0 spiro atoms. The Morgan fingerprint density at radius 2 is 2.18 bits per heavy atom. The molecule has 0 radical (unpaired) electrons. The van der Waals surface area contributed by atoms with Crippen LogP contribution in [0.2, 0.25) is 0 Å². The van der Waals surface area contributed by atoms with Crippen molar-refractivity contribution in [2.75, 3.05) is 14.2 Å². The van der Waals surface area contributed by atoms with E-state index in [9.17, 15) is 0 Å². The van der Waals surface area contributed by atoms with Crippen LogP contribution < -0.4 is 4.74 Å². The van der Waals surface area contributed by atoms with Crippen molar-refractivity contribution in [2.24, 2.45) is 7.05 Å². The van der Waals surface area contributed by atoms with Crippen LogP contribution in [-0.4, -0.2) is 34.0 Å². The molecule has 0 aliphatic rings. The number of aryl methyl sites for hydroxylation is 1. The molecule has 0 fully saturated rings. The van der Waals surface area contributed by atoms with Gasteiger partial charge in [-0.25, -0.2) is 9.97 Å². The summed E-state index contributed by atoms with van der Waals surface area (Å²) in [6.07, 6.45) is 1.67. The van der Waals surface area contributed by atoms with Crippen LogP contribution in [0.3, 0.4) is 0 Å². The fourth-order valence-corrected chi connectivity index (χ4v) is 1.45. The molecule has 0 saturated carbocycles. The van der Waals surface area contributed by atoms with E-state index in [1.165, 1.54) is 0 Å². The first kappa shape index (κ1) is 11.5. The van der Waals surface area contributed by atoms with Crippen molar-refractivity contribution in [2.45, 2.75) is 6.61 Å². The molecule has 2 rings (SSSR count). The number of hydrogen-bond acceptors (Lipinski definition) is 5. The maximum Gasteiger partial charge on any atom is 0.213 e. The SMILES string of the molecule is COCc1nc(-c2ccnc(OC)c2)nn1C. The van der Waals surface area contributed by atoms with Crippen LogP contribution in [0.15, 0.2) is 18.3 Å². The molecule has 0 aliphatic heterocycles. The second-order valence-corrected chi connectivity index (χ2v) is 3.50. The Labute approximate surface area is 99.2 Å². The van der Waals surface area contributed by atoms with Gasteiger partial charge in [-0.1, -0.05) is 0 Å². The minimum atomic E-state index is 0.436. The van der Waals surface area contributed by atoms with Gasteiger partial charge in [0, 0.05) is 32.0 Å². The van der Waals surface area contributed by atoms with Crippen LogP contribution in [0.1, 0.15) is 5.82 Å².